The Bertz CT molecular complexity index is 478. The molecule has 0 amide bonds. The van der Waals surface area contributed by atoms with E-state index in [1.54, 1.807) is 0 Å². The number of ether oxygens (including phenoxy) is 1. The topological polar surface area (TPSA) is 83.0 Å². The summed E-state index contributed by atoms with van der Waals surface area (Å²) in [6.45, 7) is 8.51. The van der Waals surface area contributed by atoms with Gasteiger partial charge in [-0.2, -0.15) is 0 Å². The molecule has 1 fully saturated rings. The highest BCUT2D eigenvalue weighted by Gasteiger charge is 2.38. The van der Waals surface area contributed by atoms with E-state index in [4.69, 9.17) is 10.5 Å². The number of esters is 1. The number of hydrogen-bond acceptors (Lipinski definition) is 5. The zero-order valence-electron chi connectivity index (χ0n) is 12.7. The van der Waals surface area contributed by atoms with Gasteiger partial charge < -0.3 is 10.5 Å². The molecule has 20 heavy (non-hydrogen) atoms. The Labute approximate surface area is 119 Å². The number of carbonyl (C=O) groups excluding carboxylic acids is 1. The van der Waals surface area contributed by atoms with Crippen LogP contribution in [0.1, 0.15) is 52.3 Å². The van der Waals surface area contributed by atoms with E-state index in [0.29, 0.717) is 19.4 Å². The van der Waals surface area contributed by atoms with E-state index in [1.165, 1.54) is 0 Å². The number of nitrogens with two attached hydrogens (primary N) is 1. The van der Waals surface area contributed by atoms with Crippen LogP contribution in [-0.2, 0) is 14.9 Å². The lowest BCUT2D eigenvalue weighted by molar-refractivity contribution is -0.147. The average Bonchev–Trinajstić information content (AvgIpc) is 2.94. The molecule has 1 aromatic rings. The van der Waals surface area contributed by atoms with Crippen molar-refractivity contribution >= 4 is 5.97 Å². The van der Waals surface area contributed by atoms with Crippen molar-refractivity contribution < 1.29 is 9.53 Å². The van der Waals surface area contributed by atoms with Crippen molar-refractivity contribution in [3.8, 4) is 0 Å². The summed E-state index contributed by atoms with van der Waals surface area (Å²) in [5, 5.41) is 8.40. The summed E-state index contributed by atoms with van der Waals surface area (Å²) in [6, 6.07) is -0.0630. The molecule has 112 valence electrons. The van der Waals surface area contributed by atoms with Crippen LogP contribution in [0.5, 0.6) is 0 Å². The zero-order chi connectivity index (χ0) is 14.9. The lowest BCUT2D eigenvalue weighted by Crippen LogP contribution is -2.27. The molecule has 6 heteroatoms. The summed E-state index contributed by atoms with van der Waals surface area (Å²) >= 11 is 0. The van der Waals surface area contributed by atoms with Crippen LogP contribution in [-0.4, -0.2) is 33.6 Å². The minimum atomic E-state index is -0.151. The van der Waals surface area contributed by atoms with E-state index in [1.807, 2.05) is 17.8 Å². The maximum atomic E-state index is 11.8. The summed E-state index contributed by atoms with van der Waals surface area (Å²) in [7, 11) is 0. The van der Waals surface area contributed by atoms with E-state index >= 15 is 0 Å². The molecule has 0 bridgehead atoms. The Morgan fingerprint density at radius 3 is 2.75 bits per heavy atom. The van der Waals surface area contributed by atoms with Crippen LogP contribution in [0.4, 0.5) is 0 Å². The Morgan fingerprint density at radius 2 is 2.20 bits per heavy atom. The first-order valence-corrected chi connectivity index (χ1v) is 7.17. The largest absolute Gasteiger partial charge is 0.466 e. The Hall–Kier alpha value is -1.43. The lowest BCUT2D eigenvalue weighted by Gasteiger charge is -2.16. The van der Waals surface area contributed by atoms with Gasteiger partial charge in [0.15, 0.2) is 0 Å². The van der Waals surface area contributed by atoms with Crippen LogP contribution in [0.3, 0.4) is 0 Å². The maximum Gasteiger partial charge on any atom is 0.309 e. The molecular formula is C14H24N4O2. The monoisotopic (exact) mass is 280 g/mol. The first-order valence-electron chi connectivity index (χ1n) is 7.17. The van der Waals surface area contributed by atoms with Crippen LogP contribution in [0.15, 0.2) is 6.20 Å². The first kappa shape index (κ1) is 15.0. The smallest absolute Gasteiger partial charge is 0.309 e. The van der Waals surface area contributed by atoms with Crippen molar-refractivity contribution in [2.24, 2.45) is 11.7 Å². The third-order valence-electron chi connectivity index (χ3n) is 3.82. The molecule has 0 saturated heterocycles. The molecule has 0 spiro atoms. The molecule has 2 rings (SSSR count). The zero-order valence-corrected chi connectivity index (χ0v) is 12.7. The second-order valence-electron chi connectivity index (χ2n) is 6.49. The Balaban J connectivity index is 2.10. The summed E-state index contributed by atoms with van der Waals surface area (Å²) in [6.07, 6.45) is 3.26. The van der Waals surface area contributed by atoms with E-state index in [2.05, 4.69) is 31.1 Å². The minimum absolute atomic E-state index is 0.0213. The number of carbonyl (C=O) groups is 1. The molecule has 1 aliphatic rings. The van der Waals surface area contributed by atoms with Gasteiger partial charge in [0.1, 0.15) is 0 Å². The predicted molar refractivity (Wildman–Crippen MR) is 75.1 cm³/mol. The molecule has 0 aromatic carbocycles. The van der Waals surface area contributed by atoms with Gasteiger partial charge in [0.25, 0.3) is 0 Å². The van der Waals surface area contributed by atoms with Gasteiger partial charge in [-0.3, -0.25) is 4.79 Å². The minimum Gasteiger partial charge on any atom is -0.466 e. The third-order valence-corrected chi connectivity index (χ3v) is 3.82. The molecule has 3 atom stereocenters. The molecule has 1 aromatic heterocycles. The first-order chi connectivity index (χ1) is 9.32. The van der Waals surface area contributed by atoms with E-state index < -0.39 is 0 Å². The molecule has 1 aliphatic carbocycles. The predicted octanol–water partition coefficient (Wildman–Crippen LogP) is 1.42. The van der Waals surface area contributed by atoms with Crippen LogP contribution >= 0.6 is 0 Å². The highest BCUT2D eigenvalue weighted by Crippen LogP contribution is 2.34. The molecule has 1 saturated carbocycles. The molecule has 0 radical (unpaired) electrons. The van der Waals surface area contributed by atoms with Gasteiger partial charge in [-0.05, 0) is 19.8 Å². The van der Waals surface area contributed by atoms with Crippen molar-refractivity contribution in [1.82, 2.24) is 15.0 Å². The maximum absolute atomic E-state index is 11.8. The fourth-order valence-corrected chi connectivity index (χ4v) is 2.59. The van der Waals surface area contributed by atoms with Gasteiger partial charge in [0.05, 0.1) is 24.3 Å². The Morgan fingerprint density at radius 1 is 1.50 bits per heavy atom. The van der Waals surface area contributed by atoms with Crippen LogP contribution in [0.25, 0.3) is 0 Å². The normalized spacial score (nSPS) is 26.8. The van der Waals surface area contributed by atoms with E-state index in [-0.39, 0.29) is 29.4 Å². The standard InChI is InChI=1S/C14H24N4O2/c1-5-20-13(19)9-6-10(15)11(7-9)18-8-12(16-17-18)14(2,3)4/h8-11H,5-7,15H2,1-4H3/t9?,10-,11+/m1/s1. The van der Waals surface area contributed by atoms with Crippen molar-refractivity contribution in [1.29, 1.82) is 0 Å². The second-order valence-corrected chi connectivity index (χ2v) is 6.49. The third kappa shape index (κ3) is 3.00. The highest BCUT2D eigenvalue weighted by molar-refractivity contribution is 5.73. The molecule has 0 aliphatic heterocycles. The number of hydrogen-bond donors (Lipinski definition) is 1. The summed E-state index contributed by atoms with van der Waals surface area (Å²) in [5.41, 5.74) is 7.05. The highest BCUT2D eigenvalue weighted by atomic mass is 16.5. The van der Waals surface area contributed by atoms with Gasteiger partial charge in [-0.1, -0.05) is 26.0 Å². The molecular weight excluding hydrogens is 256 g/mol. The van der Waals surface area contributed by atoms with Crippen LogP contribution < -0.4 is 5.73 Å². The van der Waals surface area contributed by atoms with Crippen molar-refractivity contribution in [2.75, 3.05) is 6.61 Å². The Kier molecular flexibility index (Phi) is 4.13. The quantitative estimate of drug-likeness (QED) is 0.847. The lowest BCUT2D eigenvalue weighted by atomic mass is 9.93. The SMILES string of the molecule is CCOC(=O)C1C[C@@H](N)[C@@H](n2cc(C(C)(C)C)nn2)C1. The number of aromatic nitrogens is 3. The van der Waals surface area contributed by atoms with E-state index in [9.17, 15) is 4.79 Å². The number of rotatable bonds is 3. The van der Waals surface area contributed by atoms with E-state index in [0.717, 1.165) is 5.69 Å². The fraction of sp³-hybridized carbons (Fsp3) is 0.786. The molecule has 6 nitrogen and oxygen atoms in total. The van der Waals surface area contributed by atoms with Crippen LogP contribution in [0.2, 0.25) is 0 Å². The van der Waals surface area contributed by atoms with Crippen molar-refractivity contribution in [2.45, 2.75) is 58.0 Å². The summed E-state index contributed by atoms with van der Waals surface area (Å²) in [4.78, 5) is 11.8. The average molecular weight is 280 g/mol. The van der Waals surface area contributed by atoms with Gasteiger partial charge in [-0.25, -0.2) is 4.68 Å². The molecule has 1 heterocycles. The molecule has 2 N–H and O–H groups in total. The number of nitrogens with zero attached hydrogens (tertiary/aromatic N) is 3. The van der Waals surface area contributed by atoms with Crippen molar-refractivity contribution in [3.63, 3.8) is 0 Å². The van der Waals surface area contributed by atoms with Gasteiger partial charge in [0.2, 0.25) is 0 Å². The molecule has 1 unspecified atom stereocenters. The van der Waals surface area contributed by atoms with Gasteiger partial charge in [0, 0.05) is 17.7 Å². The van der Waals surface area contributed by atoms with Crippen LogP contribution in [0, 0.1) is 5.92 Å². The fourth-order valence-electron chi connectivity index (χ4n) is 2.59. The van der Waals surface area contributed by atoms with Gasteiger partial charge in [-0.15, -0.1) is 5.10 Å². The summed E-state index contributed by atoms with van der Waals surface area (Å²) < 4.78 is 6.89. The second kappa shape index (κ2) is 5.52. The van der Waals surface area contributed by atoms with Gasteiger partial charge >= 0.3 is 5.97 Å². The summed E-state index contributed by atoms with van der Waals surface area (Å²) in [5.74, 6) is -0.279. The van der Waals surface area contributed by atoms with Crippen molar-refractivity contribution in [3.05, 3.63) is 11.9 Å².